The average molecular weight is 562 g/mol. The number of pyridine rings is 1. The van der Waals surface area contributed by atoms with E-state index in [1.165, 1.54) is 13.2 Å². The number of halogens is 1. The molecule has 190 valence electrons. The third-order valence-electron chi connectivity index (χ3n) is 8.28. The second kappa shape index (κ2) is 9.10. The van der Waals surface area contributed by atoms with Crippen molar-refractivity contribution in [3.8, 4) is 17.7 Å². The molecule has 0 radical (unpaired) electrons. The molecule has 7 nitrogen and oxygen atoms in total. The molecule has 2 aliphatic heterocycles. The highest BCUT2D eigenvalue weighted by molar-refractivity contribution is 9.10. The van der Waals surface area contributed by atoms with Crippen molar-refractivity contribution in [1.29, 1.82) is 5.26 Å². The van der Waals surface area contributed by atoms with E-state index in [2.05, 4.69) is 31.9 Å². The quantitative estimate of drug-likeness (QED) is 0.484. The number of likely N-dealkylation sites (tertiary alicyclic amines) is 1. The fourth-order valence-corrected chi connectivity index (χ4v) is 7.07. The molecule has 2 N–H and O–H groups in total. The van der Waals surface area contributed by atoms with Gasteiger partial charge in [-0.2, -0.15) is 5.26 Å². The van der Waals surface area contributed by atoms with E-state index < -0.39 is 23.2 Å². The van der Waals surface area contributed by atoms with Crippen LogP contribution in [0.15, 0.2) is 65.1 Å². The Balaban J connectivity index is 1.65. The minimum atomic E-state index is -1.88. The topological polar surface area (TPSA) is 98.8 Å². The van der Waals surface area contributed by atoms with Gasteiger partial charge in [0.15, 0.2) is 11.2 Å². The Labute approximate surface area is 224 Å². The minimum Gasteiger partial charge on any atom is -0.481 e. The van der Waals surface area contributed by atoms with Crippen molar-refractivity contribution in [1.82, 2.24) is 9.88 Å². The SMILES string of the molecule is COc1nc(C#N)cc2c1[C@]1(O)[C@H](O)[C@H](CN3CCCC3)[C@@H](c3ccccc3)[C@]1(c1ccc(Br)cc1)O2. The molecule has 1 saturated heterocycles. The molecule has 3 aliphatic rings. The lowest BCUT2D eigenvalue weighted by atomic mass is 9.71. The monoisotopic (exact) mass is 561 g/mol. The van der Waals surface area contributed by atoms with Gasteiger partial charge in [0, 0.05) is 28.9 Å². The van der Waals surface area contributed by atoms with Gasteiger partial charge in [0.1, 0.15) is 17.5 Å². The highest BCUT2D eigenvalue weighted by Crippen LogP contribution is 2.69. The van der Waals surface area contributed by atoms with Crippen molar-refractivity contribution in [2.24, 2.45) is 5.92 Å². The third kappa shape index (κ3) is 3.45. The summed E-state index contributed by atoms with van der Waals surface area (Å²) in [7, 11) is 1.45. The molecule has 0 amide bonds. The summed E-state index contributed by atoms with van der Waals surface area (Å²) in [5.74, 6) is -0.364. The van der Waals surface area contributed by atoms with Crippen LogP contribution in [0.5, 0.6) is 11.6 Å². The summed E-state index contributed by atoms with van der Waals surface area (Å²) in [4.78, 5) is 6.69. The van der Waals surface area contributed by atoms with Crippen LogP contribution in [0.2, 0.25) is 0 Å². The maximum Gasteiger partial charge on any atom is 0.224 e. The Morgan fingerprint density at radius 2 is 1.86 bits per heavy atom. The van der Waals surface area contributed by atoms with Crippen molar-refractivity contribution in [3.05, 3.63) is 87.5 Å². The molecular formula is C29H28BrN3O4. The van der Waals surface area contributed by atoms with Gasteiger partial charge in [0.05, 0.1) is 18.8 Å². The number of rotatable bonds is 5. The molecule has 8 heteroatoms. The summed E-state index contributed by atoms with van der Waals surface area (Å²) in [6.45, 7) is 2.54. The molecule has 0 spiro atoms. The number of aromatic nitrogens is 1. The molecule has 3 aromatic rings. The first-order chi connectivity index (χ1) is 17.9. The number of aliphatic hydroxyl groups excluding tert-OH is 1. The summed E-state index contributed by atoms with van der Waals surface area (Å²) >= 11 is 3.52. The Morgan fingerprint density at radius 1 is 1.16 bits per heavy atom. The summed E-state index contributed by atoms with van der Waals surface area (Å²) < 4.78 is 13.3. The number of hydrogen-bond acceptors (Lipinski definition) is 7. The predicted octanol–water partition coefficient (Wildman–Crippen LogP) is 4.07. The van der Waals surface area contributed by atoms with Crippen molar-refractivity contribution in [3.63, 3.8) is 0 Å². The Kier molecular flexibility index (Phi) is 6.00. The van der Waals surface area contributed by atoms with Crippen LogP contribution in [0.4, 0.5) is 0 Å². The highest BCUT2D eigenvalue weighted by atomic mass is 79.9. The Hall–Kier alpha value is -2.96. The number of aliphatic hydroxyl groups is 2. The van der Waals surface area contributed by atoms with Gasteiger partial charge >= 0.3 is 0 Å². The molecular weight excluding hydrogens is 534 g/mol. The summed E-state index contributed by atoms with van der Waals surface area (Å²) in [5.41, 5.74) is -1.17. The maximum absolute atomic E-state index is 12.9. The Bertz CT molecular complexity index is 1360. The number of ether oxygens (including phenoxy) is 2. The standard InChI is InChI=1S/C29H28BrN3O4/c1-36-27-25-23(15-21(16-31)32-27)37-29(19-9-11-20(30)12-10-19)24(18-7-3-2-4-8-18)22(26(34)28(25,29)35)17-33-13-5-6-14-33/h2-4,7-12,15,22,24,26,34-35H,5-6,13-14,17H2,1H3/t22-,24-,26-,28+,29+/m1/s1. The first-order valence-corrected chi connectivity index (χ1v) is 13.4. The minimum absolute atomic E-state index is 0.0863. The lowest BCUT2D eigenvalue weighted by molar-refractivity contribution is -0.152. The van der Waals surface area contributed by atoms with Crippen LogP contribution in [-0.4, -0.2) is 52.9 Å². The average Bonchev–Trinajstić information content (AvgIpc) is 3.57. The molecule has 1 aliphatic carbocycles. The largest absolute Gasteiger partial charge is 0.481 e. The summed E-state index contributed by atoms with van der Waals surface area (Å²) in [6, 6.07) is 21.2. The smallest absolute Gasteiger partial charge is 0.224 e. The van der Waals surface area contributed by atoms with Gasteiger partial charge in [0.25, 0.3) is 0 Å². The molecule has 5 atom stereocenters. The molecule has 1 aromatic heterocycles. The van der Waals surface area contributed by atoms with E-state index in [0.29, 0.717) is 12.3 Å². The van der Waals surface area contributed by atoms with E-state index >= 15 is 0 Å². The molecule has 3 heterocycles. The zero-order chi connectivity index (χ0) is 25.8. The second-order valence-corrected chi connectivity index (χ2v) is 11.0. The van der Waals surface area contributed by atoms with Crippen LogP contribution < -0.4 is 9.47 Å². The molecule has 6 rings (SSSR count). The molecule has 2 fully saturated rings. The van der Waals surface area contributed by atoms with Crippen molar-refractivity contribution < 1.29 is 19.7 Å². The number of methoxy groups -OCH3 is 1. The number of fused-ring (bicyclic) bond motifs is 3. The highest BCUT2D eigenvalue weighted by Gasteiger charge is 2.77. The zero-order valence-electron chi connectivity index (χ0n) is 20.5. The van der Waals surface area contributed by atoms with E-state index in [-0.39, 0.29) is 23.1 Å². The molecule has 0 unspecified atom stereocenters. The first-order valence-electron chi connectivity index (χ1n) is 12.6. The van der Waals surface area contributed by atoms with Crippen molar-refractivity contribution in [2.75, 3.05) is 26.7 Å². The second-order valence-electron chi connectivity index (χ2n) is 10.1. The predicted molar refractivity (Wildman–Crippen MR) is 140 cm³/mol. The number of hydrogen-bond donors (Lipinski definition) is 2. The van der Waals surface area contributed by atoms with E-state index in [9.17, 15) is 15.5 Å². The fraction of sp³-hybridized carbons (Fsp3) is 0.379. The number of nitriles is 1. The van der Waals surface area contributed by atoms with Crippen LogP contribution in [0.1, 0.15) is 41.1 Å². The maximum atomic E-state index is 12.9. The fourth-order valence-electron chi connectivity index (χ4n) is 6.80. The number of benzene rings is 2. The van der Waals surface area contributed by atoms with Crippen molar-refractivity contribution >= 4 is 15.9 Å². The van der Waals surface area contributed by atoms with Gasteiger partial charge in [-0.1, -0.05) is 58.4 Å². The van der Waals surface area contributed by atoms with Gasteiger partial charge < -0.3 is 24.6 Å². The molecule has 37 heavy (non-hydrogen) atoms. The Morgan fingerprint density at radius 3 is 2.51 bits per heavy atom. The van der Waals surface area contributed by atoms with E-state index in [4.69, 9.17) is 9.47 Å². The zero-order valence-corrected chi connectivity index (χ0v) is 22.1. The van der Waals surface area contributed by atoms with Crippen LogP contribution in [0, 0.1) is 17.2 Å². The van der Waals surface area contributed by atoms with Gasteiger partial charge in [-0.25, -0.2) is 4.98 Å². The third-order valence-corrected chi connectivity index (χ3v) is 8.80. The van der Waals surface area contributed by atoms with Crippen LogP contribution in [0.25, 0.3) is 0 Å². The van der Waals surface area contributed by atoms with Crippen LogP contribution in [-0.2, 0) is 11.2 Å². The lowest BCUT2D eigenvalue weighted by Crippen LogP contribution is -2.52. The lowest BCUT2D eigenvalue weighted by Gasteiger charge is -2.41. The number of nitrogens with zero attached hydrogens (tertiary/aromatic N) is 3. The van der Waals surface area contributed by atoms with Crippen LogP contribution in [0.3, 0.4) is 0 Å². The first kappa shape index (κ1) is 24.4. The van der Waals surface area contributed by atoms with E-state index in [1.54, 1.807) is 0 Å². The normalized spacial score (nSPS) is 30.4. The molecule has 1 saturated carbocycles. The van der Waals surface area contributed by atoms with E-state index in [0.717, 1.165) is 41.5 Å². The molecule has 0 bridgehead atoms. The van der Waals surface area contributed by atoms with Gasteiger partial charge in [-0.15, -0.1) is 0 Å². The molecule has 2 aromatic carbocycles. The summed E-state index contributed by atoms with van der Waals surface area (Å²) in [5, 5.41) is 34.6. The van der Waals surface area contributed by atoms with Crippen molar-refractivity contribution in [2.45, 2.75) is 36.1 Å². The summed E-state index contributed by atoms with van der Waals surface area (Å²) in [6.07, 6.45) is 1.05. The van der Waals surface area contributed by atoms with Gasteiger partial charge in [-0.3, -0.25) is 0 Å². The van der Waals surface area contributed by atoms with Gasteiger partial charge in [0.2, 0.25) is 5.88 Å². The van der Waals surface area contributed by atoms with Gasteiger partial charge in [-0.05, 0) is 49.2 Å². The van der Waals surface area contributed by atoms with Crippen LogP contribution >= 0.6 is 15.9 Å². The van der Waals surface area contributed by atoms with E-state index in [1.807, 2.05) is 54.6 Å².